The molecule has 0 radical (unpaired) electrons. The van der Waals surface area contributed by atoms with Crippen LogP contribution in [0.15, 0.2) is 23.3 Å². The SMILES string of the molecule is C/C=C\C(CNC(=O)OC(C)(C)C)=C(\C)C(C)C. The molecule has 0 aromatic heterocycles. The molecule has 0 aromatic rings. The van der Waals surface area contributed by atoms with Gasteiger partial charge in [-0.25, -0.2) is 4.79 Å². The minimum atomic E-state index is -0.457. The largest absolute Gasteiger partial charge is 0.444 e. The summed E-state index contributed by atoms with van der Waals surface area (Å²) in [7, 11) is 0. The third-order valence-electron chi connectivity index (χ3n) is 2.56. The van der Waals surface area contributed by atoms with Crippen LogP contribution in [0.2, 0.25) is 0 Å². The summed E-state index contributed by atoms with van der Waals surface area (Å²) in [4.78, 5) is 11.6. The van der Waals surface area contributed by atoms with E-state index in [-0.39, 0.29) is 6.09 Å². The lowest BCUT2D eigenvalue weighted by atomic mass is 9.98. The van der Waals surface area contributed by atoms with Crippen molar-refractivity contribution >= 4 is 6.09 Å². The molecule has 3 nitrogen and oxygen atoms in total. The average Bonchev–Trinajstić information content (AvgIpc) is 2.20. The Morgan fingerprint density at radius 1 is 1.33 bits per heavy atom. The molecule has 0 saturated heterocycles. The van der Waals surface area contributed by atoms with Crippen molar-refractivity contribution in [1.82, 2.24) is 5.32 Å². The number of nitrogens with one attached hydrogen (secondary N) is 1. The van der Waals surface area contributed by atoms with Crippen LogP contribution < -0.4 is 5.32 Å². The Balaban J connectivity index is 4.57. The first kappa shape index (κ1) is 16.8. The van der Waals surface area contributed by atoms with Crippen LogP contribution in [0.4, 0.5) is 4.79 Å². The van der Waals surface area contributed by atoms with Crippen molar-refractivity contribution in [1.29, 1.82) is 0 Å². The highest BCUT2D eigenvalue weighted by Gasteiger charge is 2.16. The van der Waals surface area contributed by atoms with E-state index in [1.807, 2.05) is 39.8 Å². The molecule has 0 aliphatic heterocycles. The summed E-state index contributed by atoms with van der Waals surface area (Å²) in [5, 5.41) is 2.79. The predicted octanol–water partition coefficient (Wildman–Crippen LogP) is 4.06. The lowest BCUT2D eigenvalue weighted by Crippen LogP contribution is -2.33. The summed E-state index contributed by atoms with van der Waals surface area (Å²) in [6.45, 7) is 14.4. The van der Waals surface area contributed by atoms with Crippen LogP contribution in [-0.4, -0.2) is 18.2 Å². The second kappa shape index (κ2) is 7.24. The number of hydrogen-bond acceptors (Lipinski definition) is 2. The van der Waals surface area contributed by atoms with E-state index >= 15 is 0 Å². The van der Waals surface area contributed by atoms with E-state index in [1.54, 1.807) is 0 Å². The van der Waals surface area contributed by atoms with Gasteiger partial charge in [0.2, 0.25) is 0 Å². The van der Waals surface area contributed by atoms with E-state index in [1.165, 1.54) is 5.57 Å². The van der Waals surface area contributed by atoms with Gasteiger partial charge in [0, 0.05) is 6.54 Å². The van der Waals surface area contributed by atoms with E-state index in [0.29, 0.717) is 12.5 Å². The van der Waals surface area contributed by atoms with Crippen molar-refractivity contribution in [3.8, 4) is 0 Å². The molecule has 0 unspecified atom stereocenters. The lowest BCUT2D eigenvalue weighted by molar-refractivity contribution is 0.0533. The highest BCUT2D eigenvalue weighted by Crippen LogP contribution is 2.15. The molecule has 0 aromatic carbocycles. The van der Waals surface area contributed by atoms with Crippen LogP contribution in [0.1, 0.15) is 48.5 Å². The van der Waals surface area contributed by atoms with E-state index < -0.39 is 5.60 Å². The molecule has 0 aliphatic rings. The Morgan fingerprint density at radius 2 is 1.89 bits per heavy atom. The maximum absolute atomic E-state index is 11.6. The smallest absolute Gasteiger partial charge is 0.407 e. The van der Waals surface area contributed by atoms with Gasteiger partial charge in [-0.2, -0.15) is 0 Å². The Morgan fingerprint density at radius 3 is 2.28 bits per heavy atom. The first-order chi connectivity index (χ1) is 8.17. The van der Waals surface area contributed by atoms with Gasteiger partial charge in [-0.3, -0.25) is 0 Å². The first-order valence-electron chi connectivity index (χ1n) is 6.46. The maximum Gasteiger partial charge on any atom is 0.407 e. The van der Waals surface area contributed by atoms with Crippen molar-refractivity contribution in [2.24, 2.45) is 5.92 Å². The van der Waals surface area contributed by atoms with Gasteiger partial charge in [0.15, 0.2) is 0 Å². The molecule has 0 spiro atoms. The van der Waals surface area contributed by atoms with Gasteiger partial charge in [-0.15, -0.1) is 0 Å². The zero-order valence-electron chi connectivity index (χ0n) is 12.8. The molecule has 1 N–H and O–H groups in total. The van der Waals surface area contributed by atoms with Crippen molar-refractivity contribution in [3.05, 3.63) is 23.3 Å². The molecular formula is C15H27NO2. The van der Waals surface area contributed by atoms with Gasteiger partial charge in [0.1, 0.15) is 5.60 Å². The fraction of sp³-hybridized carbons (Fsp3) is 0.667. The molecule has 1 amide bonds. The molecule has 0 aliphatic carbocycles. The second-order valence-corrected chi connectivity index (χ2v) is 5.72. The normalized spacial score (nSPS) is 13.8. The van der Waals surface area contributed by atoms with Gasteiger partial charge in [-0.1, -0.05) is 31.6 Å². The minimum absolute atomic E-state index is 0.374. The summed E-state index contributed by atoms with van der Waals surface area (Å²) >= 11 is 0. The third-order valence-corrected chi connectivity index (χ3v) is 2.56. The number of amides is 1. The van der Waals surface area contributed by atoms with Crippen molar-refractivity contribution in [2.45, 2.75) is 54.1 Å². The standard InChI is InChI=1S/C15H27NO2/c1-8-9-13(12(4)11(2)3)10-16-14(17)18-15(5,6)7/h8-9,11H,10H2,1-7H3,(H,16,17)/b9-8-,13-12+. The predicted molar refractivity (Wildman–Crippen MR) is 76.6 cm³/mol. The minimum Gasteiger partial charge on any atom is -0.444 e. The summed E-state index contributed by atoms with van der Waals surface area (Å²) in [5.74, 6) is 0.469. The highest BCUT2D eigenvalue weighted by molar-refractivity contribution is 5.68. The Labute approximate surface area is 111 Å². The fourth-order valence-electron chi connectivity index (χ4n) is 1.38. The third kappa shape index (κ3) is 7.15. The van der Waals surface area contributed by atoms with E-state index in [2.05, 4.69) is 26.1 Å². The average molecular weight is 253 g/mol. The van der Waals surface area contributed by atoms with Gasteiger partial charge in [0.25, 0.3) is 0 Å². The summed E-state index contributed by atoms with van der Waals surface area (Å²) < 4.78 is 5.21. The molecule has 18 heavy (non-hydrogen) atoms. The quantitative estimate of drug-likeness (QED) is 0.767. The fourth-order valence-corrected chi connectivity index (χ4v) is 1.38. The van der Waals surface area contributed by atoms with Crippen LogP contribution >= 0.6 is 0 Å². The molecular weight excluding hydrogens is 226 g/mol. The number of allylic oxidation sites excluding steroid dienone is 2. The Hall–Kier alpha value is -1.25. The van der Waals surface area contributed by atoms with Crippen LogP contribution in [0.5, 0.6) is 0 Å². The molecule has 0 heterocycles. The van der Waals surface area contributed by atoms with E-state index in [0.717, 1.165) is 5.57 Å². The Bertz CT molecular complexity index is 333. The van der Waals surface area contributed by atoms with Crippen LogP contribution in [0.25, 0.3) is 0 Å². The number of alkyl carbamates (subject to hydrolysis) is 1. The zero-order valence-corrected chi connectivity index (χ0v) is 12.8. The molecule has 0 saturated carbocycles. The molecule has 0 atom stereocenters. The lowest BCUT2D eigenvalue weighted by Gasteiger charge is -2.20. The summed E-state index contributed by atoms with van der Waals surface area (Å²) in [5.41, 5.74) is 1.96. The van der Waals surface area contributed by atoms with Crippen LogP contribution in [0, 0.1) is 5.92 Å². The molecule has 3 heteroatoms. The summed E-state index contributed by atoms with van der Waals surface area (Å²) in [6.07, 6.45) is 3.64. The molecule has 104 valence electrons. The van der Waals surface area contributed by atoms with Crippen molar-refractivity contribution in [3.63, 3.8) is 0 Å². The maximum atomic E-state index is 11.6. The highest BCUT2D eigenvalue weighted by atomic mass is 16.6. The molecule has 0 fully saturated rings. The van der Waals surface area contributed by atoms with Crippen LogP contribution in [0.3, 0.4) is 0 Å². The molecule has 0 rings (SSSR count). The number of carbonyl (C=O) groups is 1. The number of carbonyl (C=O) groups excluding carboxylic acids is 1. The zero-order chi connectivity index (χ0) is 14.3. The Kier molecular flexibility index (Phi) is 6.74. The van der Waals surface area contributed by atoms with E-state index in [9.17, 15) is 4.79 Å². The summed E-state index contributed by atoms with van der Waals surface area (Å²) in [6, 6.07) is 0. The second-order valence-electron chi connectivity index (χ2n) is 5.72. The number of rotatable bonds is 4. The number of hydrogen-bond donors (Lipinski definition) is 1. The van der Waals surface area contributed by atoms with Crippen molar-refractivity contribution < 1.29 is 9.53 Å². The molecule has 0 bridgehead atoms. The van der Waals surface area contributed by atoms with Gasteiger partial charge in [0.05, 0.1) is 0 Å². The number of ether oxygens (including phenoxy) is 1. The monoisotopic (exact) mass is 253 g/mol. The van der Waals surface area contributed by atoms with Crippen LogP contribution in [-0.2, 0) is 4.74 Å². The first-order valence-corrected chi connectivity index (χ1v) is 6.46. The van der Waals surface area contributed by atoms with Crippen molar-refractivity contribution in [2.75, 3.05) is 6.54 Å². The van der Waals surface area contributed by atoms with Gasteiger partial charge < -0.3 is 10.1 Å². The van der Waals surface area contributed by atoms with E-state index in [4.69, 9.17) is 4.74 Å². The topological polar surface area (TPSA) is 38.3 Å². The van der Waals surface area contributed by atoms with Gasteiger partial charge >= 0.3 is 6.09 Å². The van der Waals surface area contributed by atoms with Gasteiger partial charge in [-0.05, 0) is 46.1 Å².